The van der Waals surface area contributed by atoms with Crippen LogP contribution in [0.25, 0.3) is 0 Å². The Hall–Kier alpha value is -3.68. The van der Waals surface area contributed by atoms with Gasteiger partial charge >= 0.3 is 0 Å². The molecule has 15 N–H and O–H groups in total. The number of aliphatic hydroxyl groups excluding tert-OH is 5. The lowest BCUT2D eigenvalue weighted by atomic mass is 10.0. The van der Waals surface area contributed by atoms with E-state index in [1.165, 1.54) is 0 Å². The number of hydrogen-bond acceptors (Lipinski definition) is 14. The summed E-state index contributed by atoms with van der Waals surface area (Å²) in [5, 5.41) is 65.7. The molecule has 0 saturated carbocycles. The molecule has 0 aliphatic rings. The molecule has 17 nitrogen and oxygen atoms in total. The van der Waals surface area contributed by atoms with E-state index in [1.54, 1.807) is 0 Å². The summed E-state index contributed by atoms with van der Waals surface area (Å²) in [4.78, 5) is 34.1. The lowest BCUT2D eigenvalue weighted by molar-refractivity contribution is -0.120. The van der Waals surface area contributed by atoms with Crippen molar-refractivity contribution in [2.24, 2.45) is 5.73 Å². The Kier molecular flexibility index (Phi) is 21.1. The summed E-state index contributed by atoms with van der Waals surface area (Å²) in [6, 6.07) is 7.62. The van der Waals surface area contributed by atoms with Crippen molar-refractivity contribution in [2.45, 2.75) is 102 Å². The molecule has 53 heavy (non-hydrogen) atoms. The van der Waals surface area contributed by atoms with Crippen LogP contribution >= 0.6 is 11.6 Å². The molecule has 5 atom stereocenters. The second kappa shape index (κ2) is 24.6. The van der Waals surface area contributed by atoms with E-state index in [0.29, 0.717) is 45.4 Å². The van der Waals surface area contributed by atoms with Gasteiger partial charge in [0.15, 0.2) is 28.4 Å². The first-order valence-corrected chi connectivity index (χ1v) is 18.5. The SMILES string of the molecule is CCCCCCN(CCCN[C@@H](CCc1ccc(CCCCNC(=N)NC(=O)c2nc(Cl)c(N)nc2N)cc1)C(N)=O)C[C@H](O)[C@@H](O)[C@H](O)[C@H](O)CO. The van der Waals surface area contributed by atoms with Crippen molar-refractivity contribution >= 4 is 41.0 Å². The fourth-order valence-corrected chi connectivity index (χ4v) is 5.72. The molecule has 2 aromatic rings. The van der Waals surface area contributed by atoms with Crippen LogP contribution in [0.5, 0.6) is 0 Å². The summed E-state index contributed by atoms with van der Waals surface area (Å²) in [5.74, 6) is -1.66. The highest BCUT2D eigenvalue weighted by atomic mass is 35.5. The second-order valence-corrected chi connectivity index (χ2v) is 13.5. The molecule has 0 aliphatic heterocycles. The fraction of sp³-hybridized carbons (Fsp3) is 0.629. The van der Waals surface area contributed by atoms with Gasteiger partial charge in [0.2, 0.25) is 5.91 Å². The Balaban J connectivity index is 1.73. The van der Waals surface area contributed by atoms with Gasteiger partial charge in [-0.25, -0.2) is 9.97 Å². The highest BCUT2D eigenvalue weighted by Crippen LogP contribution is 2.17. The van der Waals surface area contributed by atoms with E-state index in [0.717, 1.165) is 56.1 Å². The predicted molar refractivity (Wildman–Crippen MR) is 204 cm³/mol. The second-order valence-electron chi connectivity index (χ2n) is 13.1. The first-order chi connectivity index (χ1) is 25.3. The number of nitrogens with zero attached hydrogens (tertiary/aromatic N) is 3. The maximum atomic E-state index is 12.3. The fourth-order valence-electron chi connectivity index (χ4n) is 5.59. The average Bonchev–Trinajstić information content (AvgIpc) is 3.13. The predicted octanol–water partition coefficient (Wildman–Crippen LogP) is -0.344. The Morgan fingerprint density at radius 2 is 1.51 bits per heavy atom. The third kappa shape index (κ3) is 16.9. The van der Waals surface area contributed by atoms with E-state index < -0.39 is 48.9 Å². The van der Waals surface area contributed by atoms with Crippen molar-refractivity contribution < 1.29 is 35.1 Å². The summed E-state index contributed by atoms with van der Waals surface area (Å²) >= 11 is 5.81. The molecule has 18 heteroatoms. The van der Waals surface area contributed by atoms with Gasteiger partial charge in [-0.3, -0.25) is 20.3 Å². The quantitative estimate of drug-likeness (QED) is 0.0331. The molecule has 0 unspecified atom stereocenters. The van der Waals surface area contributed by atoms with E-state index in [4.69, 9.17) is 39.3 Å². The van der Waals surface area contributed by atoms with Crippen molar-refractivity contribution in [3.8, 4) is 0 Å². The number of nitrogen functional groups attached to an aromatic ring is 2. The monoisotopic (exact) mass is 766 g/mol. The first kappa shape index (κ1) is 45.5. The number of amides is 2. The Bertz CT molecular complexity index is 1410. The van der Waals surface area contributed by atoms with Crippen molar-refractivity contribution in [1.82, 2.24) is 30.8 Å². The van der Waals surface area contributed by atoms with E-state index in [2.05, 4.69) is 32.8 Å². The van der Waals surface area contributed by atoms with E-state index in [9.17, 15) is 30.0 Å². The minimum absolute atomic E-state index is 0.0774. The van der Waals surface area contributed by atoms with Gasteiger partial charge in [-0.15, -0.1) is 0 Å². The number of guanidine groups is 1. The number of anilines is 2. The Morgan fingerprint density at radius 3 is 2.15 bits per heavy atom. The average molecular weight is 767 g/mol. The zero-order valence-electron chi connectivity index (χ0n) is 30.5. The van der Waals surface area contributed by atoms with Gasteiger partial charge in [0, 0.05) is 13.1 Å². The number of carbonyl (C=O) groups excluding carboxylic acids is 2. The molecule has 2 amide bonds. The van der Waals surface area contributed by atoms with Crippen LogP contribution in [0, 0.1) is 5.41 Å². The molecular weight excluding hydrogens is 708 g/mol. The molecule has 1 heterocycles. The van der Waals surface area contributed by atoms with Crippen LogP contribution in [0.15, 0.2) is 24.3 Å². The number of hydrogen-bond donors (Lipinski definition) is 12. The van der Waals surface area contributed by atoms with Gasteiger partial charge in [-0.2, -0.15) is 0 Å². The molecule has 0 radical (unpaired) electrons. The minimum atomic E-state index is -1.67. The van der Waals surface area contributed by atoms with Gasteiger partial charge in [-0.05, 0) is 75.7 Å². The van der Waals surface area contributed by atoms with Crippen LogP contribution in [0.3, 0.4) is 0 Å². The van der Waals surface area contributed by atoms with Gasteiger partial charge in [0.25, 0.3) is 5.91 Å². The Labute approximate surface area is 316 Å². The number of aliphatic hydroxyl groups is 5. The van der Waals surface area contributed by atoms with Crippen LogP contribution < -0.4 is 33.2 Å². The first-order valence-electron chi connectivity index (χ1n) is 18.2. The largest absolute Gasteiger partial charge is 0.394 e. The van der Waals surface area contributed by atoms with Crippen LogP contribution in [-0.4, -0.2) is 128 Å². The molecule has 298 valence electrons. The van der Waals surface area contributed by atoms with E-state index in [1.807, 2.05) is 29.2 Å². The molecule has 0 saturated heterocycles. The number of aromatic nitrogens is 2. The maximum Gasteiger partial charge on any atom is 0.280 e. The molecule has 0 aliphatic carbocycles. The zero-order chi connectivity index (χ0) is 39.3. The minimum Gasteiger partial charge on any atom is -0.394 e. The van der Waals surface area contributed by atoms with Gasteiger partial charge in [0.05, 0.1) is 18.8 Å². The van der Waals surface area contributed by atoms with Crippen molar-refractivity contribution in [3.05, 3.63) is 46.2 Å². The molecule has 0 spiro atoms. The normalized spacial score (nSPS) is 14.3. The summed E-state index contributed by atoms with van der Waals surface area (Å²) in [5.41, 5.74) is 18.9. The molecule has 0 fully saturated rings. The number of carbonyl (C=O) groups is 2. The summed E-state index contributed by atoms with van der Waals surface area (Å²) < 4.78 is 0. The van der Waals surface area contributed by atoms with Crippen molar-refractivity contribution in [2.75, 3.05) is 50.8 Å². The van der Waals surface area contributed by atoms with Gasteiger partial charge in [-0.1, -0.05) is 62.1 Å². The highest BCUT2D eigenvalue weighted by Gasteiger charge is 2.31. The molecule has 0 bridgehead atoms. The van der Waals surface area contributed by atoms with Crippen molar-refractivity contribution in [1.29, 1.82) is 5.41 Å². The zero-order valence-corrected chi connectivity index (χ0v) is 31.3. The lowest BCUT2D eigenvalue weighted by Crippen LogP contribution is -2.50. The Morgan fingerprint density at radius 1 is 0.868 bits per heavy atom. The molecule has 1 aromatic heterocycles. The number of primary amides is 1. The third-order valence-corrected chi connectivity index (χ3v) is 9.06. The molecule has 2 rings (SSSR count). The van der Waals surface area contributed by atoms with Crippen LogP contribution in [0.2, 0.25) is 5.15 Å². The number of halogens is 1. The number of nitrogens with one attached hydrogen (secondary N) is 4. The van der Waals surface area contributed by atoms with Crippen LogP contribution in [-0.2, 0) is 17.6 Å². The number of aryl methyl sites for hydroxylation is 2. The maximum absolute atomic E-state index is 12.3. The molecule has 1 aromatic carbocycles. The smallest absolute Gasteiger partial charge is 0.280 e. The molecular formula is C35H59ClN10O7. The number of rotatable bonds is 26. The third-order valence-electron chi connectivity index (χ3n) is 8.78. The van der Waals surface area contributed by atoms with E-state index >= 15 is 0 Å². The highest BCUT2D eigenvalue weighted by molar-refractivity contribution is 6.31. The van der Waals surface area contributed by atoms with Crippen LogP contribution in [0.4, 0.5) is 11.6 Å². The summed E-state index contributed by atoms with van der Waals surface area (Å²) in [7, 11) is 0. The number of benzene rings is 1. The lowest BCUT2D eigenvalue weighted by Gasteiger charge is -2.30. The number of nitrogens with two attached hydrogens (primary N) is 3. The van der Waals surface area contributed by atoms with Gasteiger partial charge in [0.1, 0.15) is 18.3 Å². The van der Waals surface area contributed by atoms with Crippen LogP contribution in [0.1, 0.15) is 79.9 Å². The van der Waals surface area contributed by atoms with E-state index in [-0.39, 0.29) is 35.0 Å². The number of unbranched alkanes of at least 4 members (excludes halogenated alkanes) is 4. The standard InChI is InChI=1S/C35H59ClN10O7/c1-2-3-4-7-18-46(20-25(48)28(50)29(51)26(49)21-47)19-8-17-41-24(33(39)52)15-14-23-12-10-22(11-13-23)9-5-6-16-42-35(40)45-34(53)27-31(37)44-32(38)30(36)43-27/h10-13,24-26,28-29,41,47-51H,2-9,14-21H2,1H3,(H2,39,52)(H4,37,38,44)(H3,40,42,45,53)/t24-,25-,26+,28+,29+/m0/s1. The van der Waals surface area contributed by atoms with Crippen molar-refractivity contribution in [3.63, 3.8) is 0 Å². The topological polar surface area (TPSA) is 302 Å². The summed E-state index contributed by atoms with van der Waals surface area (Å²) in [6.07, 6.45) is 2.12. The summed E-state index contributed by atoms with van der Waals surface area (Å²) in [6.45, 7) is 3.66. The van der Waals surface area contributed by atoms with Gasteiger partial charge < -0.3 is 58.3 Å².